The van der Waals surface area contributed by atoms with E-state index in [2.05, 4.69) is 20.9 Å². The van der Waals surface area contributed by atoms with Gasteiger partial charge in [-0.3, -0.25) is 4.98 Å². The summed E-state index contributed by atoms with van der Waals surface area (Å²) in [4.78, 5) is 34.3. The molecule has 1 aromatic carbocycles. The van der Waals surface area contributed by atoms with Crippen molar-refractivity contribution < 1.29 is 22.7 Å². The summed E-state index contributed by atoms with van der Waals surface area (Å²) in [5, 5.41) is 9.44. The lowest BCUT2D eigenvalue weighted by Crippen LogP contribution is -2.38. The van der Waals surface area contributed by atoms with Gasteiger partial charge in [-0.25, -0.2) is 23.0 Å². The van der Waals surface area contributed by atoms with Gasteiger partial charge in [0.05, 0.1) is 26.6 Å². The predicted octanol–water partition coefficient (Wildman–Crippen LogP) is 6.51. The van der Waals surface area contributed by atoms with Crippen LogP contribution >= 0.6 is 11.3 Å². The number of hydrogen-bond acceptors (Lipinski definition) is 8. The maximum atomic E-state index is 13.7. The van der Waals surface area contributed by atoms with E-state index >= 15 is 0 Å². The minimum atomic E-state index is -3.71. The second kappa shape index (κ2) is 13.9. The van der Waals surface area contributed by atoms with Crippen molar-refractivity contribution in [2.75, 3.05) is 11.1 Å². The zero-order valence-electron chi connectivity index (χ0n) is 25.3. The molecule has 2 heterocycles. The number of benzene rings is 1. The number of thiazole rings is 1. The third kappa shape index (κ3) is 9.49. The molecule has 43 heavy (non-hydrogen) atoms. The molecule has 0 unspecified atom stereocenters. The van der Waals surface area contributed by atoms with E-state index in [1.54, 1.807) is 36.8 Å². The fourth-order valence-electron chi connectivity index (χ4n) is 5.07. The van der Waals surface area contributed by atoms with E-state index in [9.17, 15) is 18.0 Å². The minimum Gasteiger partial charge on any atom is -0.447 e. The van der Waals surface area contributed by atoms with Crippen molar-refractivity contribution in [1.29, 1.82) is 0 Å². The molecule has 0 radical (unpaired) electrons. The third-order valence-corrected chi connectivity index (χ3v) is 10.4. The summed E-state index contributed by atoms with van der Waals surface area (Å²) in [5.74, 6) is 0.183. The van der Waals surface area contributed by atoms with Gasteiger partial charge in [0.25, 0.3) is 0 Å². The monoisotopic (exact) mass is 627 g/mol. The van der Waals surface area contributed by atoms with Crippen molar-refractivity contribution in [1.82, 2.24) is 20.6 Å². The van der Waals surface area contributed by atoms with Crippen LogP contribution in [0.2, 0.25) is 0 Å². The number of alkyl carbamates (subject to hydrolysis) is 1. The topological polar surface area (TPSA) is 139 Å². The van der Waals surface area contributed by atoms with Crippen molar-refractivity contribution in [3.63, 3.8) is 0 Å². The molecule has 0 atom stereocenters. The van der Waals surface area contributed by atoms with Crippen LogP contribution in [0.25, 0.3) is 10.4 Å². The Kier molecular flexibility index (Phi) is 10.4. The Labute approximate surface area is 258 Å². The van der Waals surface area contributed by atoms with Gasteiger partial charge >= 0.3 is 12.1 Å². The van der Waals surface area contributed by atoms with Crippen LogP contribution in [0.15, 0.2) is 53.8 Å². The van der Waals surface area contributed by atoms with Crippen molar-refractivity contribution in [3.8, 4) is 10.4 Å². The Morgan fingerprint density at radius 2 is 1.84 bits per heavy atom. The Morgan fingerprint density at radius 3 is 2.49 bits per heavy atom. The normalized spacial score (nSPS) is 17.3. The Bertz CT molecular complexity index is 1510. The molecule has 0 saturated heterocycles. The molecule has 0 aliphatic heterocycles. The van der Waals surface area contributed by atoms with Crippen LogP contribution in [0.1, 0.15) is 76.8 Å². The molecule has 1 aliphatic rings. The predicted molar refractivity (Wildman–Crippen MR) is 169 cm³/mol. The van der Waals surface area contributed by atoms with Crippen LogP contribution in [0, 0.1) is 5.41 Å². The van der Waals surface area contributed by atoms with Crippen molar-refractivity contribution >= 4 is 39.0 Å². The zero-order valence-corrected chi connectivity index (χ0v) is 27.0. The second-order valence-corrected chi connectivity index (χ2v) is 15.4. The van der Waals surface area contributed by atoms with Gasteiger partial charge in [0.1, 0.15) is 0 Å². The highest BCUT2D eigenvalue weighted by Crippen LogP contribution is 2.40. The highest BCUT2D eigenvalue weighted by atomic mass is 32.2. The summed E-state index contributed by atoms with van der Waals surface area (Å²) in [7, 11) is -3.71. The summed E-state index contributed by atoms with van der Waals surface area (Å²) < 4.78 is 32.6. The number of urea groups is 1. The molecule has 1 saturated carbocycles. The average molecular weight is 628 g/mol. The van der Waals surface area contributed by atoms with E-state index in [4.69, 9.17) is 9.72 Å². The number of nitrogens with zero attached hydrogens (tertiary/aromatic N) is 2. The van der Waals surface area contributed by atoms with Gasteiger partial charge in [-0.15, -0.1) is 11.3 Å². The lowest BCUT2D eigenvalue weighted by Gasteiger charge is -2.28. The number of pyridine rings is 1. The summed E-state index contributed by atoms with van der Waals surface area (Å²) >= 11 is 1.50. The van der Waals surface area contributed by atoms with Crippen LogP contribution in [0.3, 0.4) is 0 Å². The van der Waals surface area contributed by atoms with Crippen LogP contribution in [-0.2, 0) is 21.1 Å². The molecular weight excluding hydrogens is 587 g/mol. The van der Waals surface area contributed by atoms with Crippen LogP contribution in [0.4, 0.5) is 15.3 Å². The standard InChI is InChI=1S/C31H41N5O5S2/c1-20(2)41-30(38)36-23-10-8-22(9-11-23)28-33-18-26(42-28)25-13-12-24(15-27(25)43(39,40)19-31(3,4)5)35-29(37)34-17-21-7-6-14-32-16-21/h6-7,12-16,18,20,22-23H,8-11,17,19H2,1-5H3,(H,36,38)(H2,34,35,37)/t22-,23-. The Morgan fingerprint density at radius 1 is 1.09 bits per heavy atom. The number of hydrogen-bond donors (Lipinski definition) is 3. The fourth-order valence-corrected chi connectivity index (χ4v) is 8.38. The van der Waals surface area contributed by atoms with Crippen LogP contribution in [-0.4, -0.2) is 48.4 Å². The average Bonchev–Trinajstić information content (AvgIpc) is 3.41. The molecule has 12 heteroatoms. The van der Waals surface area contributed by atoms with E-state index < -0.39 is 21.3 Å². The van der Waals surface area contributed by atoms with Gasteiger partial charge in [0, 0.05) is 48.3 Å². The zero-order chi connectivity index (χ0) is 31.2. The number of sulfone groups is 1. The van der Waals surface area contributed by atoms with Crippen molar-refractivity contribution in [2.24, 2.45) is 5.41 Å². The van der Waals surface area contributed by atoms with Crippen LogP contribution in [0.5, 0.6) is 0 Å². The van der Waals surface area contributed by atoms with Gasteiger partial charge in [-0.05, 0) is 68.7 Å². The molecule has 2 aromatic heterocycles. The number of carbonyl (C=O) groups is 2. The number of ether oxygens (including phenoxy) is 1. The quantitative estimate of drug-likeness (QED) is 0.246. The highest BCUT2D eigenvalue weighted by molar-refractivity contribution is 7.91. The van der Waals surface area contributed by atoms with E-state index in [1.165, 1.54) is 17.4 Å². The first-order valence-corrected chi connectivity index (χ1v) is 17.0. The molecule has 232 valence electrons. The summed E-state index contributed by atoms with van der Waals surface area (Å²) in [5.41, 5.74) is 1.33. The number of anilines is 1. The minimum absolute atomic E-state index is 0.0500. The highest BCUT2D eigenvalue weighted by Gasteiger charge is 2.29. The first-order chi connectivity index (χ1) is 20.3. The second-order valence-electron chi connectivity index (χ2n) is 12.4. The van der Waals surface area contributed by atoms with Gasteiger partial charge < -0.3 is 20.7 Å². The Hall–Kier alpha value is -3.51. The summed E-state index contributed by atoms with van der Waals surface area (Å²) in [6.07, 6.45) is 7.89. The van der Waals surface area contributed by atoms with E-state index in [-0.39, 0.29) is 41.4 Å². The molecule has 0 spiro atoms. The van der Waals surface area contributed by atoms with Gasteiger partial charge in [0.15, 0.2) is 9.84 Å². The largest absolute Gasteiger partial charge is 0.447 e. The molecule has 1 aliphatic carbocycles. The molecule has 10 nitrogen and oxygen atoms in total. The smallest absolute Gasteiger partial charge is 0.407 e. The van der Waals surface area contributed by atoms with Crippen molar-refractivity contribution in [3.05, 3.63) is 59.5 Å². The van der Waals surface area contributed by atoms with Gasteiger partial charge in [-0.1, -0.05) is 32.9 Å². The Balaban J connectivity index is 1.50. The van der Waals surface area contributed by atoms with Gasteiger partial charge in [-0.2, -0.15) is 0 Å². The van der Waals surface area contributed by atoms with Crippen LogP contribution < -0.4 is 16.0 Å². The molecule has 3 N–H and O–H groups in total. The number of carbonyl (C=O) groups excluding carboxylic acids is 2. The number of nitrogens with one attached hydrogen (secondary N) is 3. The maximum Gasteiger partial charge on any atom is 0.407 e. The fraction of sp³-hybridized carbons (Fsp3) is 0.484. The molecule has 1 fully saturated rings. The number of amides is 3. The number of rotatable bonds is 9. The molecule has 3 aromatic rings. The molecular formula is C31H41N5O5S2. The number of aromatic nitrogens is 2. The summed E-state index contributed by atoms with van der Waals surface area (Å²) in [6.45, 7) is 9.59. The van der Waals surface area contributed by atoms with E-state index in [0.29, 0.717) is 11.3 Å². The molecule has 0 bridgehead atoms. The first-order valence-electron chi connectivity index (χ1n) is 14.5. The lowest BCUT2D eigenvalue weighted by atomic mass is 9.86. The maximum absolute atomic E-state index is 13.7. The molecule has 3 amide bonds. The first kappa shape index (κ1) is 32.4. The van der Waals surface area contributed by atoms with E-state index in [0.717, 1.165) is 41.1 Å². The van der Waals surface area contributed by atoms with E-state index in [1.807, 2.05) is 40.7 Å². The third-order valence-electron chi connectivity index (χ3n) is 6.90. The SMILES string of the molecule is CC(C)OC(=O)N[C@H]1CC[C@H](c2ncc(-c3ccc(NC(=O)NCc4cccnc4)cc3S(=O)(=O)CC(C)(C)C)s2)CC1. The summed E-state index contributed by atoms with van der Waals surface area (Å²) in [6, 6.07) is 8.25. The molecule has 4 rings (SSSR count). The van der Waals surface area contributed by atoms with Gasteiger partial charge in [0.2, 0.25) is 0 Å². The van der Waals surface area contributed by atoms with Crippen molar-refractivity contribution in [2.45, 2.75) is 89.8 Å². The lowest BCUT2D eigenvalue weighted by molar-refractivity contribution is 0.109.